The van der Waals surface area contributed by atoms with E-state index in [0.717, 1.165) is 22.4 Å². The monoisotopic (exact) mass is 293 g/mol. The molecule has 0 saturated heterocycles. The van der Waals surface area contributed by atoms with Crippen molar-refractivity contribution in [3.63, 3.8) is 0 Å². The van der Waals surface area contributed by atoms with E-state index in [4.69, 9.17) is 9.84 Å². The van der Waals surface area contributed by atoms with Crippen molar-refractivity contribution in [2.24, 2.45) is 0 Å². The minimum absolute atomic E-state index is 0.0402. The summed E-state index contributed by atoms with van der Waals surface area (Å²) in [6.45, 7) is 7.62. The molecule has 2 N–H and O–H groups in total. The molecule has 1 aromatic rings. The van der Waals surface area contributed by atoms with Crippen molar-refractivity contribution in [2.45, 2.75) is 46.6 Å². The fraction of sp³-hybridized carbons (Fsp3) is 0.500. The normalized spacial score (nSPS) is 11.8. The molecule has 0 radical (unpaired) electrons. The van der Waals surface area contributed by atoms with E-state index in [2.05, 4.69) is 5.32 Å². The molecule has 5 heteroatoms. The number of aryl methyl sites for hydroxylation is 3. The summed E-state index contributed by atoms with van der Waals surface area (Å²) in [5, 5.41) is 11.3. The van der Waals surface area contributed by atoms with Gasteiger partial charge >= 0.3 is 5.97 Å². The second-order valence-electron chi connectivity index (χ2n) is 5.42. The third-order valence-electron chi connectivity index (χ3n) is 3.15. The Kier molecular flexibility index (Phi) is 6.21. The smallest absolute Gasteiger partial charge is 0.303 e. The molecule has 1 atom stereocenters. The van der Waals surface area contributed by atoms with Crippen LogP contribution in [0.2, 0.25) is 0 Å². The number of amides is 1. The Labute approximate surface area is 125 Å². The molecule has 116 valence electrons. The van der Waals surface area contributed by atoms with Crippen LogP contribution < -0.4 is 10.1 Å². The first-order valence-corrected chi connectivity index (χ1v) is 7.01. The third kappa shape index (κ3) is 5.85. The number of hydrogen-bond acceptors (Lipinski definition) is 3. The van der Waals surface area contributed by atoms with Crippen molar-refractivity contribution in [3.05, 3.63) is 28.8 Å². The number of ether oxygens (including phenoxy) is 1. The molecule has 0 aliphatic rings. The van der Waals surface area contributed by atoms with Crippen LogP contribution in [0.15, 0.2) is 12.1 Å². The number of nitrogens with one attached hydrogen (secondary N) is 1. The first kappa shape index (κ1) is 17.0. The molecule has 0 saturated carbocycles. The first-order valence-electron chi connectivity index (χ1n) is 7.01. The molecule has 1 amide bonds. The second-order valence-corrected chi connectivity index (χ2v) is 5.42. The van der Waals surface area contributed by atoms with Gasteiger partial charge in [-0.3, -0.25) is 9.59 Å². The number of carbonyl (C=O) groups excluding carboxylic acids is 1. The van der Waals surface area contributed by atoms with Crippen LogP contribution >= 0.6 is 0 Å². The number of hydrogen-bond donors (Lipinski definition) is 2. The van der Waals surface area contributed by atoms with Crippen molar-refractivity contribution in [1.29, 1.82) is 0 Å². The van der Waals surface area contributed by atoms with Crippen molar-refractivity contribution in [2.75, 3.05) is 6.61 Å². The van der Waals surface area contributed by atoms with E-state index in [0.29, 0.717) is 6.42 Å². The van der Waals surface area contributed by atoms with Crippen molar-refractivity contribution in [3.8, 4) is 5.75 Å². The average molecular weight is 293 g/mol. The minimum Gasteiger partial charge on any atom is -0.483 e. The molecule has 0 aromatic heterocycles. The van der Waals surface area contributed by atoms with Crippen LogP contribution in [0.3, 0.4) is 0 Å². The van der Waals surface area contributed by atoms with Gasteiger partial charge in [0, 0.05) is 12.5 Å². The number of carboxylic acids is 1. The summed E-state index contributed by atoms with van der Waals surface area (Å²) < 4.78 is 5.58. The largest absolute Gasteiger partial charge is 0.483 e. The quantitative estimate of drug-likeness (QED) is 0.809. The molecule has 0 bridgehead atoms. The molecule has 0 aliphatic heterocycles. The number of carboxylic acid groups (broad SMARTS) is 1. The molecule has 21 heavy (non-hydrogen) atoms. The summed E-state index contributed by atoms with van der Waals surface area (Å²) in [4.78, 5) is 22.2. The molecule has 1 aromatic carbocycles. The lowest BCUT2D eigenvalue weighted by Crippen LogP contribution is -2.36. The van der Waals surface area contributed by atoms with E-state index in [9.17, 15) is 9.59 Å². The molecule has 1 unspecified atom stereocenters. The van der Waals surface area contributed by atoms with Gasteiger partial charge in [-0.05, 0) is 45.2 Å². The van der Waals surface area contributed by atoms with Crippen LogP contribution in [0.25, 0.3) is 0 Å². The summed E-state index contributed by atoms with van der Waals surface area (Å²) in [6.07, 6.45) is 0.447. The highest BCUT2D eigenvalue weighted by Crippen LogP contribution is 2.24. The van der Waals surface area contributed by atoms with Crippen molar-refractivity contribution >= 4 is 11.9 Å². The van der Waals surface area contributed by atoms with Gasteiger partial charge in [0.15, 0.2) is 6.61 Å². The minimum atomic E-state index is -0.863. The zero-order valence-corrected chi connectivity index (χ0v) is 13.0. The molecular weight excluding hydrogens is 270 g/mol. The van der Waals surface area contributed by atoms with E-state index >= 15 is 0 Å². The van der Waals surface area contributed by atoms with Gasteiger partial charge in [-0.1, -0.05) is 17.7 Å². The summed E-state index contributed by atoms with van der Waals surface area (Å²) in [5.41, 5.74) is 3.16. The molecule has 5 nitrogen and oxygen atoms in total. The Balaban J connectivity index is 2.48. The van der Waals surface area contributed by atoms with Gasteiger partial charge in [-0.15, -0.1) is 0 Å². The first-order chi connectivity index (χ1) is 9.79. The number of benzene rings is 1. The maximum Gasteiger partial charge on any atom is 0.303 e. The summed E-state index contributed by atoms with van der Waals surface area (Å²) in [7, 11) is 0. The average Bonchev–Trinajstić information content (AvgIpc) is 2.34. The van der Waals surface area contributed by atoms with Crippen LogP contribution in [-0.4, -0.2) is 29.6 Å². The van der Waals surface area contributed by atoms with Gasteiger partial charge in [-0.2, -0.15) is 0 Å². The van der Waals surface area contributed by atoms with E-state index in [1.54, 1.807) is 6.92 Å². The van der Waals surface area contributed by atoms with Gasteiger partial charge in [0.25, 0.3) is 5.91 Å². The molecular formula is C16H23NO4. The maximum absolute atomic E-state index is 11.8. The van der Waals surface area contributed by atoms with Crippen LogP contribution in [-0.2, 0) is 9.59 Å². The zero-order chi connectivity index (χ0) is 16.0. The highest BCUT2D eigenvalue weighted by Gasteiger charge is 2.11. The Hall–Kier alpha value is -2.04. The van der Waals surface area contributed by atoms with Gasteiger partial charge in [0.05, 0.1) is 0 Å². The van der Waals surface area contributed by atoms with Gasteiger partial charge < -0.3 is 15.2 Å². The zero-order valence-electron chi connectivity index (χ0n) is 13.0. The lowest BCUT2D eigenvalue weighted by Gasteiger charge is -2.15. The third-order valence-corrected chi connectivity index (χ3v) is 3.15. The van der Waals surface area contributed by atoms with Gasteiger partial charge in [0.2, 0.25) is 0 Å². The topological polar surface area (TPSA) is 75.6 Å². The Morgan fingerprint density at radius 1 is 1.24 bits per heavy atom. The Morgan fingerprint density at radius 2 is 1.81 bits per heavy atom. The van der Waals surface area contributed by atoms with Crippen LogP contribution in [0, 0.1) is 20.8 Å². The predicted molar refractivity (Wildman–Crippen MR) is 80.6 cm³/mol. The molecule has 1 rings (SSSR count). The highest BCUT2D eigenvalue weighted by atomic mass is 16.5. The fourth-order valence-corrected chi connectivity index (χ4v) is 2.26. The van der Waals surface area contributed by atoms with E-state index in [1.807, 2.05) is 32.9 Å². The SMILES string of the molecule is Cc1cc(C)c(OCC(=O)NC(C)CCC(=O)O)c(C)c1. The number of rotatable bonds is 7. The molecule has 0 fully saturated rings. The Bertz CT molecular complexity index is 502. The number of aliphatic carboxylic acids is 1. The van der Waals surface area contributed by atoms with Crippen LogP contribution in [0.5, 0.6) is 5.75 Å². The fourth-order valence-electron chi connectivity index (χ4n) is 2.26. The highest BCUT2D eigenvalue weighted by molar-refractivity contribution is 5.78. The van der Waals surface area contributed by atoms with Crippen molar-refractivity contribution < 1.29 is 19.4 Å². The van der Waals surface area contributed by atoms with E-state index in [-0.39, 0.29) is 25.0 Å². The lowest BCUT2D eigenvalue weighted by molar-refractivity contribution is -0.137. The summed E-state index contributed by atoms with van der Waals surface area (Å²) in [5.74, 6) is -0.376. The van der Waals surface area contributed by atoms with Crippen LogP contribution in [0.4, 0.5) is 0 Å². The predicted octanol–water partition coefficient (Wildman–Crippen LogP) is 2.36. The summed E-state index contributed by atoms with van der Waals surface area (Å²) in [6, 6.07) is 3.84. The van der Waals surface area contributed by atoms with Gasteiger partial charge in [-0.25, -0.2) is 0 Å². The Morgan fingerprint density at radius 3 is 2.33 bits per heavy atom. The van der Waals surface area contributed by atoms with E-state index < -0.39 is 5.97 Å². The van der Waals surface area contributed by atoms with E-state index in [1.165, 1.54) is 0 Å². The van der Waals surface area contributed by atoms with Gasteiger partial charge in [0.1, 0.15) is 5.75 Å². The number of carbonyl (C=O) groups is 2. The molecule has 0 spiro atoms. The van der Waals surface area contributed by atoms with Crippen molar-refractivity contribution in [1.82, 2.24) is 5.32 Å². The lowest BCUT2D eigenvalue weighted by atomic mass is 10.1. The van der Waals surface area contributed by atoms with Crippen LogP contribution in [0.1, 0.15) is 36.5 Å². The second kappa shape index (κ2) is 7.67. The molecule has 0 heterocycles. The molecule has 0 aliphatic carbocycles. The summed E-state index contributed by atoms with van der Waals surface area (Å²) >= 11 is 0. The standard InChI is InChI=1S/C16H23NO4/c1-10-7-11(2)16(12(3)8-10)21-9-14(18)17-13(4)5-6-15(19)20/h7-8,13H,5-6,9H2,1-4H3,(H,17,18)(H,19,20). The maximum atomic E-state index is 11.8.